The van der Waals surface area contributed by atoms with Crippen LogP contribution in [0.25, 0.3) is 0 Å². The Morgan fingerprint density at radius 2 is 1.75 bits per heavy atom. The molecular formula is C16H13NO3. The second kappa shape index (κ2) is 5.17. The minimum atomic E-state index is -0.367. The van der Waals surface area contributed by atoms with Crippen molar-refractivity contribution in [1.29, 1.82) is 0 Å². The first-order valence-electron chi connectivity index (χ1n) is 6.41. The maximum atomic E-state index is 11.7. The third kappa shape index (κ3) is 2.16. The molecule has 2 aromatic carbocycles. The molecule has 0 fully saturated rings. The number of cyclic esters (lactones) is 1. The Kier molecular flexibility index (Phi) is 3.21. The van der Waals surface area contributed by atoms with Gasteiger partial charge >= 0.3 is 5.97 Å². The van der Waals surface area contributed by atoms with Crippen molar-refractivity contribution in [2.45, 2.75) is 6.92 Å². The van der Waals surface area contributed by atoms with Gasteiger partial charge in [0.25, 0.3) is 0 Å². The number of hydrogen-bond donors (Lipinski definition) is 0. The molecule has 0 saturated heterocycles. The highest BCUT2D eigenvalue weighted by Crippen LogP contribution is 2.30. The Morgan fingerprint density at radius 1 is 1.05 bits per heavy atom. The molecular weight excluding hydrogens is 254 g/mol. The van der Waals surface area contributed by atoms with E-state index >= 15 is 0 Å². The van der Waals surface area contributed by atoms with E-state index in [4.69, 9.17) is 9.47 Å². The van der Waals surface area contributed by atoms with Gasteiger partial charge in [-0.15, -0.1) is 0 Å². The molecule has 0 radical (unpaired) electrons. The van der Waals surface area contributed by atoms with Crippen LogP contribution in [0.1, 0.15) is 22.8 Å². The summed E-state index contributed by atoms with van der Waals surface area (Å²) in [4.78, 5) is 16.2. The van der Waals surface area contributed by atoms with Gasteiger partial charge in [0, 0.05) is 0 Å². The van der Waals surface area contributed by atoms with Crippen molar-refractivity contribution in [3.8, 4) is 5.75 Å². The maximum Gasteiger partial charge on any atom is 0.345 e. The molecule has 0 spiro atoms. The van der Waals surface area contributed by atoms with Crippen LogP contribution in [0.4, 0.5) is 5.69 Å². The number of nitrogens with zero attached hydrogens (tertiary/aromatic N) is 1. The molecule has 0 bridgehead atoms. The topological polar surface area (TPSA) is 47.9 Å². The predicted molar refractivity (Wildman–Crippen MR) is 75.7 cm³/mol. The Labute approximate surface area is 116 Å². The highest BCUT2D eigenvalue weighted by Gasteiger charge is 2.27. The average molecular weight is 267 g/mol. The summed E-state index contributed by atoms with van der Waals surface area (Å²) in [7, 11) is 0. The van der Waals surface area contributed by atoms with Gasteiger partial charge < -0.3 is 9.47 Å². The fraction of sp³-hybridized carbons (Fsp3) is 0.125. The molecule has 0 amide bonds. The van der Waals surface area contributed by atoms with Crippen molar-refractivity contribution in [1.82, 2.24) is 0 Å². The van der Waals surface area contributed by atoms with Crippen LogP contribution in [0.15, 0.2) is 53.5 Å². The monoisotopic (exact) mass is 267 g/mol. The van der Waals surface area contributed by atoms with E-state index in [2.05, 4.69) is 4.99 Å². The van der Waals surface area contributed by atoms with Crippen LogP contribution in [-0.4, -0.2) is 18.5 Å². The van der Waals surface area contributed by atoms with E-state index in [-0.39, 0.29) is 5.97 Å². The molecule has 1 aliphatic heterocycles. The first kappa shape index (κ1) is 12.4. The molecule has 20 heavy (non-hydrogen) atoms. The Morgan fingerprint density at radius 3 is 2.55 bits per heavy atom. The van der Waals surface area contributed by atoms with E-state index in [1.54, 1.807) is 12.1 Å². The van der Waals surface area contributed by atoms with Gasteiger partial charge in [-0.1, -0.05) is 24.3 Å². The van der Waals surface area contributed by atoms with E-state index in [9.17, 15) is 4.79 Å². The molecule has 100 valence electrons. The molecule has 4 nitrogen and oxygen atoms in total. The van der Waals surface area contributed by atoms with Crippen LogP contribution < -0.4 is 4.74 Å². The van der Waals surface area contributed by atoms with Crippen molar-refractivity contribution in [3.63, 3.8) is 0 Å². The number of aliphatic imine (C=N–C) groups is 1. The number of hydrogen-bond acceptors (Lipinski definition) is 4. The molecule has 1 heterocycles. The number of benzene rings is 2. The third-order valence-electron chi connectivity index (χ3n) is 2.95. The molecule has 0 N–H and O–H groups in total. The summed E-state index contributed by atoms with van der Waals surface area (Å²) in [5, 5.41) is 0. The molecule has 0 atom stereocenters. The zero-order chi connectivity index (χ0) is 13.9. The van der Waals surface area contributed by atoms with Gasteiger partial charge in [-0.25, -0.2) is 9.79 Å². The highest BCUT2D eigenvalue weighted by molar-refractivity contribution is 6.17. The molecule has 4 heteroatoms. The summed E-state index contributed by atoms with van der Waals surface area (Å²) in [6.45, 7) is 2.47. The predicted octanol–water partition coefficient (Wildman–Crippen LogP) is 3.33. The van der Waals surface area contributed by atoms with Gasteiger partial charge in [-0.3, -0.25) is 0 Å². The number of carbonyl (C=O) groups excluding carboxylic acids is 1. The Hall–Kier alpha value is -2.62. The van der Waals surface area contributed by atoms with Crippen molar-refractivity contribution in [2.24, 2.45) is 4.99 Å². The zero-order valence-electron chi connectivity index (χ0n) is 11.0. The van der Waals surface area contributed by atoms with Gasteiger partial charge in [0.2, 0.25) is 5.90 Å². The van der Waals surface area contributed by atoms with Crippen LogP contribution in [0.2, 0.25) is 0 Å². The Balaban J connectivity index is 2.05. The number of para-hydroxylation sites is 2. The summed E-state index contributed by atoms with van der Waals surface area (Å²) in [6, 6.07) is 14.6. The zero-order valence-corrected chi connectivity index (χ0v) is 11.0. The summed E-state index contributed by atoms with van der Waals surface area (Å²) in [6.07, 6.45) is 0. The third-order valence-corrected chi connectivity index (χ3v) is 2.95. The fourth-order valence-electron chi connectivity index (χ4n) is 2.06. The van der Waals surface area contributed by atoms with Crippen LogP contribution in [0.3, 0.4) is 0 Å². The lowest BCUT2D eigenvalue weighted by molar-refractivity contribution is 0.0737. The van der Waals surface area contributed by atoms with Crippen LogP contribution >= 0.6 is 0 Å². The van der Waals surface area contributed by atoms with Crippen LogP contribution in [0, 0.1) is 0 Å². The number of esters is 1. The minimum Gasteiger partial charge on any atom is -0.492 e. The van der Waals surface area contributed by atoms with Crippen molar-refractivity contribution in [2.75, 3.05) is 6.61 Å². The average Bonchev–Trinajstić information content (AvgIpc) is 2.79. The van der Waals surface area contributed by atoms with Crippen molar-refractivity contribution in [3.05, 3.63) is 59.7 Å². The molecule has 0 aromatic heterocycles. The van der Waals surface area contributed by atoms with Crippen LogP contribution in [-0.2, 0) is 4.74 Å². The van der Waals surface area contributed by atoms with Crippen molar-refractivity contribution >= 4 is 17.6 Å². The SMILES string of the molecule is CCOc1ccccc1/N=C1\OC(=O)c2ccccc21. The summed E-state index contributed by atoms with van der Waals surface area (Å²) in [5.41, 5.74) is 1.90. The molecule has 1 aliphatic rings. The number of ether oxygens (including phenoxy) is 2. The van der Waals surface area contributed by atoms with Gasteiger partial charge in [0.05, 0.1) is 17.7 Å². The maximum absolute atomic E-state index is 11.7. The first-order valence-corrected chi connectivity index (χ1v) is 6.41. The molecule has 0 aliphatic carbocycles. The van der Waals surface area contributed by atoms with Crippen LogP contribution in [0.5, 0.6) is 5.75 Å². The quantitative estimate of drug-likeness (QED) is 0.801. The summed E-state index contributed by atoms with van der Waals surface area (Å²) >= 11 is 0. The highest BCUT2D eigenvalue weighted by atomic mass is 16.5. The second-order valence-electron chi connectivity index (χ2n) is 4.25. The van der Waals surface area contributed by atoms with E-state index < -0.39 is 0 Å². The Bertz CT molecular complexity index is 692. The lowest BCUT2D eigenvalue weighted by atomic mass is 10.1. The summed E-state index contributed by atoms with van der Waals surface area (Å²) in [5.74, 6) is 0.619. The number of rotatable bonds is 3. The summed E-state index contributed by atoms with van der Waals surface area (Å²) < 4.78 is 10.7. The van der Waals surface area contributed by atoms with Gasteiger partial charge in [-0.2, -0.15) is 0 Å². The second-order valence-corrected chi connectivity index (χ2v) is 4.25. The van der Waals surface area contributed by atoms with Crippen molar-refractivity contribution < 1.29 is 14.3 Å². The molecule has 3 rings (SSSR count). The van der Waals surface area contributed by atoms with E-state index in [0.717, 1.165) is 0 Å². The number of fused-ring (bicyclic) bond motifs is 1. The van der Waals surface area contributed by atoms with Gasteiger partial charge in [0.15, 0.2) is 0 Å². The lowest BCUT2D eigenvalue weighted by Gasteiger charge is -2.06. The largest absolute Gasteiger partial charge is 0.492 e. The molecule has 0 unspecified atom stereocenters. The fourth-order valence-corrected chi connectivity index (χ4v) is 2.06. The smallest absolute Gasteiger partial charge is 0.345 e. The number of carbonyl (C=O) groups is 1. The molecule has 2 aromatic rings. The van der Waals surface area contributed by atoms with E-state index in [1.165, 1.54) is 0 Å². The van der Waals surface area contributed by atoms with E-state index in [1.807, 2.05) is 43.3 Å². The lowest BCUT2D eigenvalue weighted by Crippen LogP contribution is -2.00. The van der Waals surface area contributed by atoms with Gasteiger partial charge in [0.1, 0.15) is 11.4 Å². The normalized spacial score (nSPS) is 15.1. The first-order chi connectivity index (χ1) is 9.79. The minimum absolute atomic E-state index is 0.317. The van der Waals surface area contributed by atoms with E-state index in [0.29, 0.717) is 35.1 Å². The molecule has 0 saturated carbocycles. The standard InChI is InChI=1S/C16H13NO3/c1-2-19-14-10-6-5-9-13(14)17-15-11-7-3-4-8-12(11)16(18)20-15/h3-10H,2H2,1H3/b17-15-. The van der Waals surface area contributed by atoms with Gasteiger partial charge in [-0.05, 0) is 31.2 Å².